The van der Waals surface area contributed by atoms with Gasteiger partial charge in [-0.05, 0) is 56.9 Å². The molecule has 0 radical (unpaired) electrons. The summed E-state index contributed by atoms with van der Waals surface area (Å²) in [6.45, 7) is 4.81. The van der Waals surface area contributed by atoms with Crippen LogP contribution in [0.5, 0.6) is 0 Å². The lowest BCUT2D eigenvalue weighted by Gasteiger charge is -2.17. The maximum Gasteiger partial charge on any atom is 0.284 e. The van der Waals surface area contributed by atoms with Crippen molar-refractivity contribution in [3.63, 3.8) is 0 Å². The second-order valence-corrected chi connectivity index (χ2v) is 9.65. The Hall–Kier alpha value is -3.39. The molecule has 0 saturated heterocycles. The molecule has 3 heterocycles. The quantitative estimate of drug-likeness (QED) is 0.338. The van der Waals surface area contributed by atoms with Gasteiger partial charge >= 0.3 is 0 Å². The molecule has 7 nitrogen and oxygen atoms in total. The molecule has 1 amide bonds. The maximum absolute atomic E-state index is 13.3. The summed E-state index contributed by atoms with van der Waals surface area (Å²) in [6.07, 6.45) is 3.94. The van der Waals surface area contributed by atoms with E-state index in [0.717, 1.165) is 65.6 Å². The summed E-state index contributed by atoms with van der Waals surface area (Å²) in [5.41, 5.74) is 5.18. The summed E-state index contributed by atoms with van der Waals surface area (Å²) in [6, 6.07) is 15.4. The molecule has 0 aliphatic carbocycles. The molecule has 0 bridgehead atoms. The molecule has 0 aromatic heterocycles. The van der Waals surface area contributed by atoms with Crippen molar-refractivity contribution in [2.75, 3.05) is 11.1 Å². The van der Waals surface area contributed by atoms with Crippen molar-refractivity contribution in [1.82, 2.24) is 19.3 Å². The number of carbonyl (C=O) groups excluding carboxylic acids is 1. The van der Waals surface area contributed by atoms with Crippen LogP contribution >= 0.6 is 11.8 Å². The number of hydrogen-bond acceptors (Lipinski definition) is 5. The van der Waals surface area contributed by atoms with E-state index in [0.29, 0.717) is 11.4 Å². The molecule has 0 saturated carbocycles. The van der Waals surface area contributed by atoms with Crippen molar-refractivity contribution in [2.24, 2.45) is 0 Å². The highest BCUT2D eigenvalue weighted by molar-refractivity contribution is 7.99. The van der Waals surface area contributed by atoms with Crippen LogP contribution < -0.4 is 10.9 Å². The Morgan fingerprint density at radius 2 is 1.91 bits per heavy atom. The SMILES string of the molecule is Cc1ccc(NC(=O)CSc2nc3nn(-c4ccccc4)c(=O)c-3c3n2CCCCC3)c(C)c1. The number of aryl methyl sites for hydroxylation is 2. The Bertz CT molecular complexity index is 1380. The van der Waals surface area contributed by atoms with Crippen LogP contribution in [-0.4, -0.2) is 31.0 Å². The Morgan fingerprint density at radius 3 is 2.71 bits per heavy atom. The van der Waals surface area contributed by atoms with E-state index in [9.17, 15) is 9.59 Å². The van der Waals surface area contributed by atoms with Gasteiger partial charge in [0.15, 0.2) is 11.0 Å². The molecular weight excluding hydrogens is 446 g/mol. The predicted molar refractivity (Wildman–Crippen MR) is 135 cm³/mol. The summed E-state index contributed by atoms with van der Waals surface area (Å²) >= 11 is 1.39. The fourth-order valence-electron chi connectivity index (χ4n) is 4.48. The van der Waals surface area contributed by atoms with Crippen LogP contribution in [0, 0.1) is 13.8 Å². The fourth-order valence-corrected chi connectivity index (χ4v) is 5.32. The average Bonchev–Trinajstić information content (AvgIpc) is 2.99. The Labute approximate surface area is 202 Å². The first-order chi connectivity index (χ1) is 16.5. The Balaban J connectivity index is 1.47. The third-order valence-corrected chi connectivity index (χ3v) is 7.13. The normalized spacial score (nSPS) is 13.5. The molecule has 3 aliphatic heterocycles. The number of hydrogen-bond donors (Lipinski definition) is 1. The number of benzene rings is 2. The first-order valence-corrected chi connectivity index (χ1v) is 12.6. The monoisotopic (exact) mass is 473 g/mol. The van der Waals surface area contributed by atoms with Crippen molar-refractivity contribution in [3.8, 4) is 17.1 Å². The molecule has 3 aliphatic rings. The molecule has 8 heteroatoms. The minimum atomic E-state index is -0.136. The number of thioether (sulfide) groups is 1. The molecule has 174 valence electrons. The number of para-hydroxylation sites is 1. The van der Waals surface area contributed by atoms with Gasteiger partial charge in [0, 0.05) is 17.9 Å². The average molecular weight is 474 g/mol. The zero-order valence-electron chi connectivity index (χ0n) is 19.4. The van der Waals surface area contributed by atoms with Gasteiger partial charge in [-0.2, -0.15) is 4.68 Å². The van der Waals surface area contributed by atoms with E-state index < -0.39 is 0 Å². The van der Waals surface area contributed by atoms with Gasteiger partial charge in [-0.25, -0.2) is 4.98 Å². The van der Waals surface area contributed by atoms with E-state index in [1.807, 2.05) is 56.3 Å². The van der Waals surface area contributed by atoms with Gasteiger partial charge in [0.1, 0.15) is 5.56 Å². The van der Waals surface area contributed by atoms with E-state index in [1.54, 1.807) is 0 Å². The van der Waals surface area contributed by atoms with Crippen molar-refractivity contribution in [2.45, 2.75) is 51.2 Å². The van der Waals surface area contributed by atoms with Gasteiger partial charge < -0.3 is 9.88 Å². The lowest BCUT2D eigenvalue weighted by molar-refractivity contribution is -0.113. The third kappa shape index (κ3) is 4.37. The third-order valence-electron chi connectivity index (χ3n) is 6.16. The smallest absolute Gasteiger partial charge is 0.284 e. The Morgan fingerprint density at radius 1 is 1.09 bits per heavy atom. The molecule has 0 spiro atoms. The Kier molecular flexibility index (Phi) is 6.24. The minimum absolute atomic E-state index is 0.0823. The number of nitrogens with one attached hydrogen (secondary N) is 1. The van der Waals surface area contributed by atoms with Gasteiger partial charge in [-0.15, -0.1) is 5.10 Å². The van der Waals surface area contributed by atoms with Gasteiger partial charge in [-0.1, -0.05) is 54.1 Å². The van der Waals surface area contributed by atoms with Gasteiger partial charge in [-0.3, -0.25) is 9.59 Å². The first-order valence-electron chi connectivity index (χ1n) is 11.6. The largest absolute Gasteiger partial charge is 0.325 e. The van der Waals surface area contributed by atoms with Crippen LogP contribution in [0.1, 0.15) is 36.1 Å². The summed E-state index contributed by atoms with van der Waals surface area (Å²) in [7, 11) is 0. The topological polar surface area (TPSA) is 81.8 Å². The molecular formula is C26H27N5O2S. The highest BCUT2D eigenvalue weighted by atomic mass is 32.2. The number of nitrogens with zero attached hydrogens (tertiary/aromatic N) is 4. The lowest BCUT2D eigenvalue weighted by atomic mass is 10.1. The molecule has 2 aromatic carbocycles. The first kappa shape index (κ1) is 22.4. The number of amides is 1. The highest BCUT2D eigenvalue weighted by Crippen LogP contribution is 2.30. The maximum atomic E-state index is 13.3. The second-order valence-electron chi connectivity index (χ2n) is 8.71. The van der Waals surface area contributed by atoms with Crippen LogP contribution in [0.15, 0.2) is 58.5 Å². The molecule has 0 unspecified atom stereocenters. The number of rotatable bonds is 5. The second kappa shape index (κ2) is 9.46. The molecule has 34 heavy (non-hydrogen) atoms. The van der Waals surface area contributed by atoms with Crippen LogP contribution in [0.25, 0.3) is 17.1 Å². The number of aromatic nitrogens is 4. The summed E-state index contributed by atoms with van der Waals surface area (Å²) in [4.78, 5) is 30.8. The number of anilines is 1. The van der Waals surface area contributed by atoms with Crippen LogP contribution in [0.4, 0.5) is 5.69 Å². The van der Waals surface area contributed by atoms with E-state index in [4.69, 9.17) is 4.98 Å². The van der Waals surface area contributed by atoms with E-state index in [-0.39, 0.29) is 17.2 Å². The van der Waals surface area contributed by atoms with Crippen molar-refractivity contribution in [3.05, 3.63) is 75.7 Å². The lowest BCUT2D eigenvalue weighted by Crippen LogP contribution is -2.20. The molecule has 5 rings (SSSR count). The van der Waals surface area contributed by atoms with E-state index in [1.165, 1.54) is 16.4 Å². The number of carbonyl (C=O) groups is 1. The molecule has 0 atom stereocenters. The van der Waals surface area contributed by atoms with Crippen LogP contribution in [0.3, 0.4) is 0 Å². The molecule has 1 N–H and O–H groups in total. The molecule has 2 aromatic rings. The van der Waals surface area contributed by atoms with Crippen molar-refractivity contribution >= 4 is 23.4 Å². The number of fused-ring (bicyclic) bond motifs is 3. The van der Waals surface area contributed by atoms with Crippen LogP contribution in [-0.2, 0) is 17.8 Å². The van der Waals surface area contributed by atoms with Crippen molar-refractivity contribution in [1.29, 1.82) is 0 Å². The fraction of sp³-hybridized carbons (Fsp3) is 0.308. The van der Waals surface area contributed by atoms with Gasteiger partial charge in [0.05, 0.1) is 11.4 Å². The van der Waals surface area contributed by atoms with Gasteiger partial charge in [0.25, 0.3) is 5.56 Å². The standard InChI is InChI=1S/C26H27N5O2S/c1-17-12-13-20(18(2)15-17)27-22(32)16-34-26-28-24-23(21-11-7-4-8-14-30(21)26)25(33)31(29-24)19-9-5-3-6-10-19/h3,5-6,9-10,12-13,15H,4,7-8,11,14,16H2,1-2H3,(H,27,32). The highest BCUT2D eigenvalue weighted by Gasteiger charge is 2.27. The van der Waals surface area contributed by atoms with Crippen LogP contribution in [0.2, 0.25) is 0 Å². The van der Waals surface area contributed by atoms with E-state index >= 15 is 0 Å². The summed E-state index contributed by atoms with van der Waals surface area (Å²) in [5, 5.41) is 8.30. The summed E-state index contributed by atoms with van der Waals surface area (Å²) < 4.78 is 3.56. The zero-order valence-corrected chi connectivity index (χ0v) is 20.2. The van der Waals surface area contributed by atoms with E-state index in [2.05, 4.69) is 21.0 Å². The van der Waals surface area contributed by atoms with Gasteiger partial charge in [0.2, 0.25) is 5.91 Å². The summed E-state index contributed by atoms with van der Waals surface area (Å²) in [5.74, 6) is 0.593. The van der Waals surface area contributed by atoms with Crippen molar-refractivity contribution < 1.29 is 4.79 Å². The minimum Gasteiger partial charge on any atom is -0.325 e. The predicted octanol–water partition coefficient (Wildman–Crippen LogP) is 4.61. The molecule has 0 fully saturated rings. The zero-order chi connectivity index (χ0) is 23.7.